The van der Waals surface area contributed by atoms with Crippen molar-refractivity contribution in [1.29, 1.82) is 5.26 Å². The molecule has 0 aliphatic rings. The van der Waals surface area contributed by atoms with Gasteiger partial charge in [-0.3, -0.25) is 0 Å². The van der Waals surface area contributed by atoms with E-state index >= 15 is 0 Å². The van der Waals surface area contributed by atoms with E-state index in [2.05, 4.69) is 16.3 Å². The quantitative estimate of drug-likeness (QED) is 0.851. The predicted molar refractivity (Wildman–Crippen MR) is 63.2 cm³/mol. The molecular weight excluding hydrogens is 210 g/mol. The third-order valence-electron chi connectivity index (χ3n) is 1.99. The van der Waals surface area contributed by atoms with Gasteiger partial charge in [-0.25, -0.2) is 0 Å². The highest BCUT2D eigenvalue weighted by molar-refractivity contribution is 6.33. The van der Waals surface area contributed by atoms with E-state index in [1.807, 2.05) is 14.1 Å². The van der Waals surface area contributed by atoms with Gasteiger partial charge in [0.25, 0.3) is 0 Å². The highest BCUT2D eigenvalue weighted by Crippen LogP contribution is 2.24. The molecule has 0 atom stereocenters. The van der Waals surface area contributed by atoms with Gasteiger partial charge in [0, 0.05) is 13.1 Å². The summed E-state index contributed by atoms with van der Waals surface area (Å²) < 4.78 is 0. The van der Waals surface area contributed by atoms with Crippen LogP contribution in [0.3, 0.4) is 0 Å². The first kappa shape index (κ1) is 11.8. The summed E-state index contributed by atoms with van der Waals surface area (Å²) in [7, 11) is 4.00. The van der Waals surface area contributed by atoms with E-state index in [-0.39, 0.29) is 0 Å². The number of anilines is 1. The Hall–Kier alpha value is -1.24. The molecule has 0 spiro atoms. The average Bonchev–Trinajstić information content (AvgIpc) is 2.20. The molecule has 3 nitrogen and oxygen atoms in total. The molecule has 1 N–H and O–H groups in total. The predicted octanol–water partition coefficient (Wildman–Crippen LogP) is 2.19. The largest absolute Gasteiger partial charge is 0.381 e. The fourth-order valence-corrected chi connectivity index (χ4v) is 1.44. The topological polar surface area (TPSA) is 39.1 Å². The van der Waals surface area contributed by atoms with E-state index in [0.29, 0.717) is 10.6 Å². The highest BCUT2D eigenvalue weighted by atomic mass is 35.5. The standard InChI is InChI=1S/C11H14ClN3/c1-15(2)7-6-14-11-9(8-13)4-3-5-10(11)12/h3-5,14H,6-7H2,1-2H3. The Kier molecular flexibility index (Phi) is 4.41. The molecule has 0 bridgehead atoms. The van der Waals surface area contributed by atoms with Crippen LogP contribution in [0.15, 0.2) is 18.2 Å². The number of likely N-dealkylation sites (N-methyl/N-ethyl adjacent to an activating group) is 1. The summed E-state index contributed by atoms with van der Waals surface area (Å²) in [6, 6.07) is 7.42. The van der Waals surface area contributed by atoms with Gasteiger partial charge >= 0.3 is 0 Å². The SMILES string of the molecule is CN(C)CCNc1c(Cl)cccc1C#N. The molecular formula is C11H14ClN3. The summed E-state index contributed by atoms with van der Waals surface area (Å²) in [5.74, 6) is 0. The third kappa shape index (κ3) is 3.43. The van der Waals surface area contributed by atoms with Crippen LogP contribution in [-0.2, 0) is 0 Å². The molecule has 1 rings (SSSR count). The van der Waals surface area contributed by atoms with Crippen molar-refractivity contribution in [2.24, 2.45) is 0 Å². The van der Waals surface area contributed by atoms with Gasteiger partial charge in [-0.15, -0.1) is 0 Å². The second-order valence-electron chi connectivity index (χ2n) is 3.50. The number of hydrogen-bond acceptors (Lipinski definition) is 3. The maximum atomic E-state index is 8.89. The molecule has 0 saturated carbocycles. The molecule has 1 aromatic rings. The van der Waals surface area contributed by atoms with Crippen molar-refractivity contribution < 1.29 is 0 Å². The van der Waals surface area contributed by atoms with Crippen LogP contribution in [-0.4, -0.2) is 32.1 Å². The Morgan fingerprint density at radius 3 is 2.80 bits per heavy atom. The van der Waals surface area contributed by atoms with E-state index in [1.54, 1.807) is 18.2 Å². The summed E-state index contributed by atoms with van der Waals surface area (Å²) in [5.41, 5.74) is 1.31. The number of para-hydroxylation sites is 1. The molecule has 0 saturated heterocycles. The zero-order valence-electron chi connectivity index (χ0n) is 8.92. The van der Waals surface area contributed by atoms with Gasteiger partial charge in [0.05, 0.1) is 16.3 Å². The number of rotatable bonds is 4. The summed E-state index contributed by atoms with van der Waals surface area (Å²) in [4.78, 5) is 2.07. The van der Waals surface area contributed by atoms with Crippen LogP contribution in [0.4, 0.5) is 5.69 Å². The van der Waals surface area contributed by atoms with Crippen LogP contribution in [0, 0.1) is 11.3 Å². The van der Waals surface area contributed by atoms with Crippen LogP contribution >= 0.6 is 11.6 Å². The third-order valence-corrected chi connectivity index (χ3v) is 2.31. The zero-order chi connectivity index (χ0) is 11.3. The fourth-order valence-electron chi connectivity index (χ4n) is 1.20. The molecule has 80 valence electrons. The minimum absolute atomic E-state index is 0.584. The maximum Gasteiger partial charge on any atom is 0.101 e. The Balaban J connectivity index is 2.71. The first-order chi connectivity index (χ1) is 7.15. The number of nitrogens with zero attached hydrogens (tertiary/aromatic N) is 2. The van der Waals surface area contributed by atoms with Gasteiger partial charge in [-0.1, -0.05) is 17.7 Å². The molecule has 0 amide bonds. The van der Waals surface area contributed by atoms with E-state index < -0.39 is 0 Å². The average molecular weight is 224 g/mol. The zero-order valence-corrected chi connectivity index (χ0v) is 9.67. The van der Waals surface area contributed by atoms with Crippen molar-refractivity contribution in [2.45, 2.75) is 0 Å². The smallest absolute Gasteiger partial charge is 0.101 e. The van der Waals surface area contributed by atoms with Crippen LogP contribution in [0.1, 0.15) is 5.56 Å². The highest BCUT2D eigenvalue weighted by Gasteiger charge is 2.05. The van der Waals surface area contributed by atoms with Crippen molar-refractivity contribution in [1.82, 2.24) is 4.90 Å². The van der Waals surface area contributed by atoms with Crippen molar-refractivity contribution in [3.05, 3.63) is 28.8 Å². The Bertz CT molecular complexity index is 369. The van der Waals surface area contributed by atoms with Crippen molar-refractivity contribution in [3.8, 4) is 6.07 Å². The lowest BCUT2D eigenvalue weighted by Crippen LogP contribution is -2.21. The van der Waals surface area contributed by atoms with E-state index in [1.165, 1.54) is 0 Å². The van der Waals surface area contributed by atoms with Crippen molar-refractivity contribution in [3.63, 3.8) is 0 Å². The van der Waals surface area contributed by atoms with Crippen molar-refractivity contribution >= 4 is 17.3 Å². The molecule has 0 heterocycles. The number of hydrogen-bond donors (Lipinski definition) is 1. The van der Waals surface area contributed by atoms with Gasteiger partial charge in [0.1, 0.15) is 6.07 Å². The lowest BCUT2D eigenvalue weighted by molar-refractivity contribution is 0.425. The molecule has 0 aliphatic carbocycles. The number of nitriles is 1. The fraction of sp³-hybridized carbons (Fsp3) is 0.364. The maximum absolute atomic E-state index is 8.89. The normalized spacial score (nSPS) is 10.1. The Morgan fingerprint density at radius 1 is 1.47 bits per heavy atom. The van der Waals surface area contributed by atoms with Crippen molar-refractivity contribution in [2.75, 3.05) is 32.5 Å². The van der Waals surface area contributed by atoms with Crippen LogP contribution < -0.4 is 5.32 Å². The minimum Gasteiger partial charge on any atom is -0.381 e. The summed E-state index contributed by atoms with van der Waals surface area (Å²) in [6.07, 6.45) is 0. The van der Waals surface area contributed by atoms with E-state index in [4.69, 9.17) is 16.9 Å². The Morgan fingerprint density at radius 2 is 2.20 bits per heavy atom. The van der Waals surface area contributed by atoms with Crippen LogP contribution in [0.25, 0.3) is 0 Å². The Labute approximate surface area is 95.3 Å². The molecule has 0 fully saturated rings. The molecule has 0 aromatic heterocycles. The van der Waals surface area contributed by atoms with Crippen LogP contribution in [0.2, 0.25) is 5.02 Å². The lowest BCUT2D eigenvalue weighted by Gasteiger charge is -2.13. The summed E-state index contributed by atoms with van der Waals surface area (Å²) >= 11 is 6.00. The second kappa shape index (κ2) is 5.59. The monoisotopic (exact) mass is 223 g/mol. The van der Waals surface area contributed by atoms with Gasteiger partial charge in [-0.05, 0) is 26.2 Å². The molecule has 4 heteroatoms. The summed E-state index contributed by atoms with van der Waals surface area (Å²) in [5, 5.41) is 12.7. The van der Waals surface area contributed by atoms with Gasteiger partial charge in [-0.2, -0.15) is 5.26 Å². The minimum atomic E-state index is 0.584. The van der Waals surface area contributed by atoms with Gasteiger partial charge < -0.3 is 10.2 Å². The molecule has 15 heavy (non-hydrogen) atoms. The second-order valence-corrected chi connectivity index (χ2v) is 3.91. The first-order valence-corrected chi connectivity index (χ1v) is 5.10. The van der Waals surface area contributed by atoms with Crippen LogP contribution in [0.5, 0.6) is 0 Å². The lowest BCUT2D eigenvalue weighted by atomic mass is 10.2. The van der Waals surface area contributed by atoms with E-state index in [9.17, 15) is 0 Å². The number of nitrogens with one attached hydrogen (secondary N) is 1. The number of halogens is 1. The number of benzene rings is 1. The van der Waals surface area contributed by atoms with Gasteiger partial charge in [0.15, 0.2) is 0 Å². The molecule has 0 radical (unpaired) electrons. The van der Waals surface area contributed by atoms with Gasteiger partial charge in [0.2, 0.25) is 0 Å². The molecule has 0 aliphatic heterocycles. The molecule has 0 unspecified atom stereocenters. The first-order valence-electron chi connectivity index (χ1n) is 4.72. The summed E-state index contributed by atoms with van der Waals surface area (Å²) in [6.45, 7) is 1.67. The molecule has 1 aromatic carbocycles. The van der Waals surface area contributed by atoms with E-state index in [0.717, 1.165) is 18.8 Å².